The van der Waals surface area contributed by atoms with E-state index in [0.29, 0.717) is 6.04 Å². The summed E-state index contributed by atoms with van der Waals surface area (Å²) in [5.74, 6) is 0. The van der Waals surface area contributed by atoms with E-state index >= 15 is 0 Å². The minimum atomic E-state index is 0.0866. The molecule has 1 aliphatic rings. The summed E-state index contributed by atoms with van der Waals surface area (Å²) in [4.78, 5) is 0. The molecule has 0 heterocycles. The zero-order chi connectivity index (χ0) is 22.0. The van der Waals surface area contributed by atoms with Crippen LogP contribution in [-0.4, -0.2) is 18.6 Å². The Bertz CT molecular complexity index is 472. The predicted molar refractivity (Wildman–Crippen MR) is 134 cm³/mol. The van der Waals surface area contributed by atoms with E-state index in [4.69, 9.17) is 5.73 Å². The third-order valence-corrected chi connectivity index (χ3v) is 6.49. The van der Waals surface area contributed by atoms with Gasteiger partial charge in [0.15, 0.2) is 0 Å². The van der Waals surface area contributed by atoms with E-state index in [0.717, 1.165) is 37.9 Å². The molecule has 30 heavy (non-hydrogen) atoms. The molecule has 0 amide bonds. The first-order valence-corrected chi connectivity index (χ1v) is 12.8. The second-order valence-electron chi connectivity index (χ2n) is 9.38. The van der Waals surface area contributed by atoms with E-state index in [1.807, 2.05) is 0 Å². The van der Waals surface area contributed by atoms with Gasteiger partial charge in [0.2, 0.25) is 0 Å². The molecule has 4 N–H and O–H groups in total. The standard InChI is InChI=1S/C27H51N3/c1-5-27(28)25(4)29-22-16-12-8-9-13-17-23(2)20-21-24(3)30-26-18-14-10-6-7-11-15-19-26/h26-27,29-30H,2-22,28H2,1H3. The Morgan fingerprint density at radius 2 is 1.43 bits per heavy atom. The number of rotatable bonds is 16. The molecule has 1 aliphatic carbocycles. The molecule has 174 valence electrons. The van der Waals surface area contributed by atoms with Crippen LogP contribution in [0.25, 0.3) is 0 Å². The van der Waals surface area contributed by atoms with Crippen molar-refractivity contribution in [3.05, 3.63) is 36.7 Å². The van der Waals surface area contributed by atoms with Crippen molar-refractivity contribution in [3.8, 4) is 0 Å². The Kier molecular flexibility index (Phi) is 15.6. The lowest BCUT2D eigenvalue weighted by atomic mass is 10.0. The minimum Gasteiger partial charge on any atom is -0.388 e. The van der Waals surface area contributed by atoms with Crippen LogP contribution in [-0.2, 0) is 0 Å². The van der Waals surface area contributed by atoms with Crippen LogP contribution in [0.5, 0.6) is 0 Å². The SMILES string of the molecule is C=C(CCCCCCCNC(=C)C(N)CC)CCC(=C)NC1CCCCCCCC1. The van der Waals surface area contributed by atoms with Gasteiger partial charge in [-0.2, -0.15) is 0 Å². The van der Waals surface area contributed by atoms with Crippen molar-refractivity contribution in [2.45, 2.75) is 128 Å². The quantitative estimate of drug-likeness (QED) is 0.185. The minimum absolute atomic E-state index is 0.0866. The first-order valence-electron chi connectivity index (χ1n) is 12.8. The average molecular weight is 418 g/mol. The Morgan fingerprint density at radius 1 is 0.833 bits per heavy atom. The number of unbranched alkanes of at least 4 members (excludes halogenated alkanes) is 4. The van der Waals surface area contributed by atoms with Crippen molar-refractivity contribution in [2.24, 2.45) is 5.73 Å². The first kappa shape index (κ1) is 26.8. The fourth-order valence-electron chi connectivity index (χ4n) is 4.25. The molecule has 0 aromatic heterocycles. The number of nitrogens with one attached hydrogen (secondary N) is 2. The Morgan fingerprint density at radius 3 is 2.10 bits per heavy atom. The highest BCUT2D eigenvalue weighted by Gasteiger charge is 2.11. The summed E-state index contributed by atoms with van der Waals surface area (Å²) in [5.41, 5.74) is 9.54. The molecule has 0 aliphatic heterocycles. The van der Waals surface area contributed by atoms with E-state index in [2.05, 4.69) is 37.3 Å². The van der Waals surface area contributed by atoms with E-state index in [1.165, 1.54) is 94.7 Å². The number of hydrogen-bond acceptors (Lipinski definition) is 3. The first-order chi connectivity index (χ1) is 14.5. The van der Waals surface area contributed by atoms with E-state index in [-0.39, 0.29) is 6.04 Å². The largest absolute Gasteiger partial charge is 0.388 e. The summed E-state index contributed by atoms with van der Waals surface area (Å²) in [5, 5.41) is 7.09. The summed E-state index contributed by atoms with van der Waals surface area (Å²) >= 11 is 0. The fraction of sp³-hybridized carbons (Fsp3) is 0.778. The maximum absolute atomic E-state index is 5.95. The zero-order valence-electron chi connectivity index (χ0n) is 20.1. The fourth-order valence-corrected chi connectivity index (χ4v) is 4.25. The summed E-state index contributed by atoms with van der Waals surface area (Å²) in [6.45, 7) is 15.7. The number of nitrogens with two attached hydrogens (primary N) is 1. The number of allylic oxidation sites excluding steroid dienone is 2. The van der Waals surface area contributed by atoms with Crippen LogP contribution in [0.15, 0.2) is 36.7 Å². The summed E-state index contributed by atoms with van der Waals surface area (Å²) in [7, 11) is 0. The molecule has 0 spiro atoms. The maximum Gasteiger partial charge on any atom is 0.0435 e. The summed E-state index contributed by atoms with van der Waals surface area (Å²) < 4.78 is 0. The van der Waals surface area contributed by atoms with Crippen molar-refractivity contribution in [2.75, 3.05) is 6.54 Å². The molecule has 1 unspecified atom stereocenters. The lowest BCUT2D eigenvalue weighted by Gasteiger charge is -2.21. The van der Waals surface area contributed by atoms with Crippen molar-refractivity contribution >= 4 is 0 Å². The van der Waals surface area contributed by atoms with Gasteiger partial charge in [-0.1, -0.05) is 90.0 Å². The summed E-state index contributed by atoms with van der Waals surface area (Å²) in [6.07, 6.45) is 21.6. The van der Waals surface area contributed by atoms with Gasteiger partial charge in [0.25, 0.3) is 0 Å². The molecule has 1 atom stereocenters. The second-order valence-corrected chi connectivity index (χ2v) is 9.38. The molecular formula is C27H51N3. The van der Waals surface area contributed by atoms with Crippen LogP contribution in [0.3, 0.4) is 0 Å². The van der Waals surface area contributed by atoms with Gasteiger partial charge in [-0.15, -0.1) is 0 Å². The van der Waals surface area contributed by atoms with E-state index in [1.54, 1.807) is 0 Å². The molecule has 0 radical (unpaired) electrons. The lowest BCUT2D eigenvalue weighted by molar-refractivity contribution is 0.461. The van der Waals surface area contributed by atoms with Gasteiger partial charge < -0.3 is 16.4 Å². The molecule has 3 heteroatoms. The molecular weight excluding hydrogens is 366 g/mol. The molecule has 0 aromatic rings. The van der Waals surface area contributed by atoms with Crippen molar-refractivity contribution < 1.29 is 0 Å². The molecule has 1 rings (SSSR count). The van der Waals surface area contributed by atoms with Gasteiger partial charge in [0, 0.05) is 30.0 Å². The normalized spacial score (nSPS) is 16.7. The highest BCUT2D eigenvalue weighted by atomic mass is 14.9. The average Bonchev–Trinajstić information content (AvgIpc) is 2.87. The van der Waals surface area contributed by atoms with Gasteiger partial charge in [-0.25, -0.2) is 0 Å². The van der Waals surface area contributed by atoms with Crippen molar-refractivity contribution in [3.63, 3.8) is 0 Å². The van der Waals surface area contributed by atoms with Crippen LogP contribution in [0.2, 0.25) is 0 Å². The van der Waals surface area contributed by atoms with Gasteiger partial charge >= 0.3 is 0 Å². The Hall–Kier alpha value is -1.22. The highest BCUT2D eigenvalue weighted by Crippen LogP contribution is 2.20. The van der Waals surface area contributed by atoms with Gasteiger partial charge in [-0.05, 0) is 51.4 Å². The van der Waals surface area contributed by atoms with Crippen molar-refractivity contribution in [1.29, 1.82) is 0 Å². The Labute approximate surface area is 188 Å². The topological polar surface area (TPSA) is 50.1 Å². The molecule has 1 fully saturated rings. The van der Waals surface area contributed by atoms with E-state index in [9.17, 15) is 0 Å². The molecule has 0 bridgehead atoms. The monoisotopic (exact) mass is 417 g/mol. The third kappa shape index (κ3) is 13.9. The number of hydrogen-bond donors (Lipinski definition) is 3. The van der Waals surface area contributed by atoms with Crippen molar-refractivity contribution in [1.82, 2.24) is 10.6 Å². The van der Waals surface area contributed by atoms with Gasteiger partial charge in [0.1, 0.15) is 0 Å². The molecule has 0 saturated heterocycles. The zero-order valence-corrected chi connectivity index (χ0v) is 20.1. The summed E-state index contributed by atoms with van der Waals surface area (Å²) in [6, 6.07) is 0.733. The Balaban J connectivity index is 1.99. The highest BCUT2D eigenvalue weighted by molar-refractivity contribution is 5.02. The van der Waals surface area contributed by atoms with Gasteiger partial charge in [-0.3, -0.25) is 0 Å². The lowest BCUT2D eigenvalue weighted by Crippen LogP contribution is -2.30. The second kappa shape index (κ2) is 17.5. The molecule has 3 nitrogen and oxygen atoms in total. The predicted octanol–water partition coefficient (Wildman–Crippen LogP) is 7.11. The van der Waals surface area contributed by atoms with Crippen LogP contribution in [0.1, 0.15) is 116 Å². The van der Waals surface area contributed by atoms with E-state index < -0.39 is 0 Å². The van der Waals surface area contributed by atoms with Crippen LogP contribution in [0, 0.1) is 0 Å². The third-order valence-electron chi connectivity index (χ3n) is 6.49. The maximum atomic E-state index is 5.95. The smallest absolute Gasteiger partial charge is 0.0435 e. The van der Waals surface area contributed by atoms with Crippen LogP contribution < -0.4 is 16.4 Å². The van der Waals surface area contributed by atoms with Crippen LogP contribution in [0.4, 0.5) is 0 Å². The van der Waals surface area contributed by atoms with Gasteiger partial charge in [0.05, 0.1) is 0 Å². The molecule has 1 saturated carbocycles. The molecule has 0 aromatic carbocycles. The van der Waals surface area contributed by atoms with Crippen LogP contribution >= 0.6 is 0 Å².